The Morgan fingerprint density at radius 1 is 1.24 bits per heavy atom. The van der Waals surface area contributed by atoms with Crippen molar-refractivity contribution in [2.45, 2.75) is 63.5 Å². The number of benzene rings is 1. The quantitative estimate of drug-likeness (QED) is 0.622. The zero-order valence-corrected chi connectivity index (χ0v) is 12.9. The number of ether oxygens (including phenoxy) is 1. The van der Waals surface area contributed by atoms with Crippen LogP contribution in [0.15, 0.2) is 24.3 Å². The van der Waals surface area contributed by atoms with E-state index >= 15 is 0 Å². The molecule has 2 aliphatic rings. The molecular formula is C18H28N2O. The molecule has 1 fully saturated rings. The van der Waals surface area contributed by atoms with Crippen molar-refractivity contribution >= 4 is 0 Å². The van der Waals surface area contributed by atoms with Gasteiger partial charge >= 0.3 is 0 Å². The SMILES string of the molecule is NNC(CCC1CCCC1)CC1OCCc2ccccc21. The van der Waals surface area contributed by atoms with Crippen LogP contribution in [0.5, 0.6) is 0 Å². The van der Waals surface area contributed by atoms with Gasteiger partial charge in [-0.1, -0.05) is 49.9 Å². The van der Waals surface area contributed by atoms with Gasteiger partial charge in [0.25, 0.3) is 0 Å². The molecule has 1 aliphatic heterocycles. The summed E-state index contributed by atoms with van der Waals surface area (Å²) in [6, 6.07) is 9.05. The molecule has 2 unspecified atom stereocenters. The minimum atomic E-state index is 0.208. The van der Waals surface area contributed by atoms with Gasteiger partial charge in [-0.25, -0.2) is 0 Å². The highest BCUT2D eigenvalue weighted by molar-refractivity contribution is 5.31. The molecule has 0 spiro atoms. The molecule has 1 saturated carbocycles. The van der Waals surface area contributed by atoms with E-state index in [1.807, 2.05) is 0 Å². The first kappa shape index (κ1) is 15.0. The summed E-state index contributed by atoms with van der Waals surface area (Å²) in [7, 11) is 0. The average molecular weight is 288 g/mol. The molecule has 1 aliphatic carbocycles. The van der Waals surface area contributed by atoms with E-state index in [9.17, 15) is 0 Å². The molecule has 116 valence electrons. The van der Waals surface area contributed by atoms with Crippen molar-refractivity contribution in [3.8, 4) is 0 Å². The normalized spacial score (nSPS) is 24.0. The van der Waals surface area contributed by atoms with Crippen LogP contribution in [-0.4, -0.2) is 12.6 Å². The lowest BCUT2D eigenvalue weighted by atomic mass is 9.91. The van der Waals surface area contributed by atoms with Crippen LogP contribution in [0.25, 0.3) is 0 Å². The van der Waals surface area contributed by atoms with Crippen LogP contribution < -0.4 is 11.3 Å². The highest BCUT2D eigenvalue weighted by atomic mass is 16.5. The zero-order chi connectivity index (χ0) is 14.5. The van der Waals surface area contributed by atoms with Crippen LogP contribution in [0.3, 0.4) is 0 Å². The van der Waals surface area contributed by atoms with Gasteiger partial charge in [-0.3, -0.25) is 11.3 Å². The third kappa shape index (κ3) is 3.85. The Morgan fingerprint density at radius 2 is 2.05 bits per heavy atom. The highest BCUT2D eigenvalue weighted by Crippen LogP contribution is 2.33. The van der Waals surface area contributed by atoms with Crippen molar-refractivity contribution in [1.29, 1.82) is 0 Å². The van der Waals surface area contributed by atoms with Crippen LogP contribution in [0.4, 0.5) is 0 Å². The first-order valence-corrected chi connectivity index (χ1v) is 8.52. The van der Waals surface area contributed by atoms with Crippen molar-refractivity contribution in [1.82, 2.24) is 5.43 Å². The van der Waals surface area contributed by atoms with Gasteiger partial charge in [-0.05, 0) is 42.7 Å². The monoisotopic (exact) mass is 288 g/mol. The van der Waals surface area contributed by atoms with Gasteiger partial charge in [0.15, 0.2) is 0 Å². The largest absolute Gasteiger partial charge is 0.373 e. The fraction of sp³-hybridized carbons (Fsp3) is 0.667. The van der Waals surface area contributed by atoms with Gasteiger partial charge in [0.05, 0.1) is 12.7 Å². The molecular weight excluding hydrogens is 260 g/mol. The van der Waals surface area contributed by atoms with Crippen molar-refractivity contribution < 1.29 is 4.74 Å². The van der Waals surface area contributed by atoms with Crippen molar-refractivity contribution in [2.24, 2.45) is 11.8 Å². The lowest BCUT2D eigenvalue weighted by Gasteiger charge is -2.29. The standard InChI is InChI=1S/C18H28N2O/c19-20-16(10-9-14-5-1-2-6-14)13-18-17-8-4-3-7-15(17)11-12-21-18/h3-4,7-8,14,16,18,20H,1-2,5-6,9-13,19H2. The molecule has 1 aromatic carbocycles. The number of rotatable bonds is 6. The number of hydrogen-bond acceptors (Lipinski definition) is 3. The molecule has 3 heteroatoms. The predicted molar refractivity (Wildman–Crippen MR) is 85.8 cm³/mol. The minimum absolute atomic E-state index is 0.208. The maximum Gasteiger partial charge on any atom is 0.0843 e. The Kier molecular flexibility index (Phi) is 5.28. The van der Waals surface area contributed by atoms with Crippen molar-refractivity contribution in [3.63, 3.8) is 0 Å². The molecule has 21 heavy (non-hydrogen) atoms. The molecule has 0 bridgehead atoms. The van der Waals surface area contributed by atoms with E-state index in [1.165, 1.54) is 49.7 Å². The number of nitrogens with one attached hydrogen (secondary N) is 1. The van der Waals surface area contributed by atoms with E-state index < -0.39 is 0 Å². The molecule has 3 rings (SSSR count). The van der Waals surface area contributed by atoms with Crippen molar-refractivity contribution in [2.75, 3.05) is 6.61 Å². The van der Waals surface area contributed by atoms with Crippen LogP contribution in [0.1, 0.15) is 62.2 Å². The summed E-state index contributed by atoms with van der Waals surface area (Å²) in [6.07, 6.45) is 10.4. The number of nitrogens with two attached hydrogens (primary N) is 1. The van der Waals surface area contributed by atoms with Gasteiger partial charge in [0.2, 0.25) is 0 Å². The molecule has 2 atom stereocenters. The van der Waals surface area contributed by atoms with Gasteiger partial charge < -0.3 is 4.74 Å². The summed E-state index contributed by atoms with van der Waals surface area (Å²) in [5.41, 5.74) is 5.83. The first-order chi connectivity index (χ1) is 10.4. The zero-order valence-electron chi connectivity index (χ0n) is 12.9. The van der Waals surface area contributed by atoms with Gasteiger partial charge in [-0.15, -0.1) is 0 Å². The number of hydrogen-bond donors (Lipinski definition) is 2. The summed E-state index contributed by atoms with van der Waals surface area (Å²) < 4.78 is 6.01. The second-order valence-electron chi connectivity index (χ2n) is 6.64. The Bertz CT molecular complexity index is 443. The fourth-order valence-corrected chi connectivity index (χ4v) is 3.94. The summed E-state index contributed by atoms with van der Waals surface area (Å²) in [4.78, 5) is 0. The molecule has 0 radical (unpaired) electrons. The lowest BCUT2D eigenvalue weighted by Crippen LogP contribution is -2.37. The molecule has 0 saturated heterocycles. The van der Waals surface area contributed by atoms with E-state index in [2.05, 4.69) is 29.7 Å². The van der Waals surface area contributed by atoms with Gasteiger partial charge in [-0.2, -0.15) is 0 Å². The fourth-order valence-electron chi connectivity index (χ4n) is 3.94. The number of fused-ring (bicyclic) bond motifs is 1. The van der Waals surface area contributed by atoms with E-state index in [4.69, 9.17) is 10.6 Å². The van der Waals surface area contributed by atoms with Crippen LogP contribution >= 0.6 is 0 Å². The Morgan fingerprint density at radius 3 is 2.86 bits per heavy atom. The Hall–Kier alpha value is -0.900. The van der Waals surface area contributed by atoms with Gasteiger partial charge in [0.1, 0.15) is 0 Å². The lowest BCUT2D eigenvalue weighted by molar-refractivity contribution is 0.0283. The second kappa shape index (κ2) is 7.39. The minimum Gasteiger partial charge on any atom is -0.373 e. The highest BCUT2D eigenvalue weighted by Gasteiger charge is 2.24. The molecule has 0 amide bonds. The maximum absolute atomic E-state index is 6.01. The molecule has 3 N–H and O–H groups in total. The topological polar surface area (TPSA) is 47.3 Å². The maximum atomic E-state index is 6.01. The average Bonchev–Trinajstić information content (AvgIpc) is 3.05. The smallest absolute Gasteiger partial charge is 0.0843 e. The summed E-state index contributed by atoms with van der Waals surface area (Å²) in [5, 5.41) is 0. The molecule has 3 nitrogen and oxygen atoms in total. The third-order valence-corrected chi connectivity index (χ3v) is 5.22. The first-order valence-electron chi connectivity index (χ1n) is 8.52. The molecule has 0 aromatic heterocycles. The van der Waals surface area contributed by atoms with E-state index in [1.54, 1.807) is 0 Å². The predicted octanol–water partition coefficient (Wildman–Crippen LogP) is 3.49. The third-order valence-electron chi connectivity index (χ3n) is 5.22. The molecule has 1 heterocycles. The molecule has 1 aromatic rings. The van der Waals surface area contributed by atoms with Crippen LogP contribution in [0, 0.1) is 5.92 Å². The van der Waals surface area contributed by atoms with E-state index in [0.717, 1.165) is 25.4 Å². The van der Waals surface area contributed by atoms with Gasteiger partial charge in [0, 0.05) is 6.04 Å². The summed E-state index contributed by atoms with van der Waals surface area (Å²) in [6.45, 7) is 0.835. The van der Waals surface area contributed by atoms with E-state index in [-0.39, 0.29) is 6.10 Å². The number of hydrazine groups is 1. The second-order valence-corrected chi connectivity index (χ2v) is 6.64. The summed E-state index contributed by atoms with van der Waals surface area (Å²) in [5.74, 6) is 6.72. The van der Waals surface area contributed by atoms with Crippen LogP contribution in [0.2, 0.25) is 0 Å². The summed E-state index contributed by atoms with van der Waals surface area (Å²) >= 11 is 0. The Balaban J connectivity index is 1.56. The van der Waals surface area contributed by atoms with Crippen molar-refractivity contribution in [3.05, 3.63) is 35.4 Å². The Labute approximate surface area is 128 Å². The van der Waals surface area contributed by atoms with E-state index in [0.29, 0.717) is 6.04 Å². The van der Waals surface area contributed by atoms with Crippen LogP contribution in [-0.2, 0) is 11.2 Å².